The van der Waals surface area contributed by atoms with E-state index >= 15 is 0 Å². The SMILES string of the molecule is CC(C)C.CCC(C)(OC(=O)C1CC2CC1C1C3CC(CC3OC(C)=O)C21)SC.OS. The van der Waals surface area contributed by atoms with E-state index in [1.807, 2.05) is 13.2 Å². The Labute approximate surface area is 198 Å². The summed E-state index contributed by atoms with van der Waals surface area (Å²) < 4.78 is 18.2. The molecule has 9 unspecified atom stereocenters. The fourth-order valence-corrected chi connectivity index (χ4v) is 7.16. The summed E-state index contributed by atoms with van der Waals surface area (Å²) in [6, 6.07) is 0. The van der Waals surface area contributed by atoms with E-state index in [-0.39, 0.29) is 24.0 Å². The van der Waals surface area contributed by atoms with E-state index in [4.69, 9.17) is 14.0 Å². The lowest BCUT2D eigenvalue weighted by Crippen LogP contribution is -2.42. The number of thioether (sulfide) groups is 1. The highest BCUT2D eigenvalue weighted by molar-refractivity contribution is 7.99. The van der Waals surface area contributed by atoms with Crippen LogP contribution in [0.15, 0.2) is 0 Å². The van der Waals surface area contributed by atoms with E-state index in [0.717, 1.165) is 31.1 Å². The molecule has 0 saturated heterocycles. The summed E-state index contributed by atoms with van der Waals surface area (Å²) in [4.78, 5) is 23.9. The second-order valence-corrected chi connectivity index (χ2v) is 11.8. The normalized spacial score (nSPS) is 38.4. The first-order chi connectivity index (χ1) is 14.6. The molecule has 0 aliphatic heterocycles. The van der Waals surface area contributed by atoms with Crippen LogP contribution in [0.3, 0.4) is 0 Å². The molecule has 4 fully saturated rings. The molecule has 0 aromatic carbocycles. The number of hydrogen-bond acceptors (Lipinski definition) is 7. The second kappa shape index (κ2) is 11.1. The summed E-state index contributed by atoms with van der Waals surface area (Å²) >= 11 is 4.15. The molecule has 1 N–H and O–H groups in total. The molecule has 0 aromatic heterocycles. The Morgan fingerprint density at radius 1 is 1.06 bits per heavy atom. The smallest absolute Gasteiger partial charge is 0.310 e. The van der Waals surface area contributed by atoms with Crippen molar-refractivity contribution in [2.45, 2.75) is 84.7 Å². The molecule has 0 amide bonds. The summed E-state index contributed by atoms with van der Waals surface area (Å²) in [5.74, 6) is 4.39. The van der Waals surface area contributed by atoms with Gasteiger partial charge in [-0.2, -0.15) is 0 Å². The number of carbonyl (C=O) groups is 2. The molecule has 7 heteroatoms. The Bertz CT molecular complexity index is 618. The van der Waals surface area contributed by atoms with Crippen LogP contribution < -0.4 is 0 Å². The zero-order valence-corrected chi connectivity index (χ0v) is 21.9. The predicted molar refractivity (Wildman–Crippen MR) is 129 cm³/mol. The van der Waals surface area contributed by atoms with Crippen molar-refractivity contribution in [2.75, 3.05) is 6.26 Å². The molecule has 4 aliphatic rings. The Morgan fingerprint density at radius 3 is 2.13 bits per heavy atom. The molecule has 180 valence electrons. The lowest BCUT2D eigenvalue weighted by Gasteiger charge is -2.41. The minimum atomic E-state index is -0.409. The van der Waals surface area contributed by atoms with Crippen LogP contribution in [0.2, 0.25) is 0 Å². The molecule has 5 nitrogen and oxygen atoms in total. The second-order valence-electron chi connectivity index (χ2n) is 10.5. The van der Waals surface area contributed by atoms with Crippen LogP contribution in [0.4, 0.5) is 0 Å². The van der Waals surface area contributed by atoms with Gasteiger partial charge in [0.1, 0.15) is 6.10 Å². The van der Waals surface area contributed by atoms with Gasteiger partial charge in [0.25, 0.3) is 0 Å². The van der Waals surface area contributed by atoms with Gasteiger partial charge in [0.2, 0.25) is 0 Å². The van der Waals surface area contributed by atoms with Gasteiger partial charge in [-0.3, -0.25) is 9.59 Å². The van der Waals surface area contributed by atoms with Gasteiger partial charge in [0, 0.05) is 6.92 Å². The zero-order valence-electron chi connectivity index (χ0n) is 20.2. The molecule has 31 heavy (non-hydrogen) atoms. The molecule has 0 spiro atoms. The summed E-state index contributed by atoms with van der Waals surface area (Å²) in [6.07, 6.45) is 7.35. The van der Waals surface area contributed by atoms with E-state index in [2.05, 4.69) is 40.6 Å². The van der Waals surface area contributed by atoms with Gasteiger partial charge < -0.3 is 14.0 Å². The van der Waals surface area contributed by atoms with Gasteiger partial charge in [-0.15, -0.1) is 11.8 Å². The summed E-state index contributed by atoms with van der Waals surface area (Å²) in [7, 11) is 0. The van der Waals surface area contributed by atoms with Crippen LogP contribution in [0.1, 0.15) is 73.6 Å². The number of ether oxygens (including phenoxy) is 2. The number of hydrogen-bond donors (Lipinski definition) is 2. The Kier molecular flexibility index (Phi) is 9.66. The average Bonchev–Trinajstić information content (AvgIpc) is 3.47. The Balaban J connectivity index is 0.000000513. The summed E-state index contributed by atoms with van der Waals surface area (Å²) in [5, 5.41) is 0. The highest BCUT2D eigenvalue weighted by Gasteiger charge is 2.66. The summed E-state index contributed by atoms with van der Waals surface area (Å²) in [5.41, 5.74) is 0. The number of rotatable bonds is 5. The Hall–Kier alpha value is -0.400. The average molecular weight is 475 g/mol. The maximum absolute atomic E-state index is 12.9. The van der Waals surface area contributed by atoms with E-state index in [1.54, 1.807) is 11.8 Å². The van der Waals surface area contributed by atoms with Crippen LogP contribution in [0.5, 0.6) is 0 Å². The van der Waals surface area contributed by atoms with Crippen molar-refractivity contribution in [1.82, 2.24) is 0 Å². The number of fused-ring (bicyclic) bond motifs is 9. The third-order valence-corrected chi connectivity index (χ3v) is 9.00. The van der Waals surface area contributed by atoms with Crippen LogP contribution in [-0.4, -0.2) is 33.8 Å². The van der Waals surface area contributed by atoms with E-state index in [0.29, 0.717) is 29.6 Å². The van der Waals surface area contributed by atoms with Crippen LogP contribution >= 0.6 is 24.7 Å². The zero-order chi connectivity index (χ0) is 23.5. The molecule has 4 aliphatic carbocycles. The first kappa shape index (κ1) is 26.8. The van der Waals surface area contributed by atoms with Crippen molar-refractivity contribution in [3.05, 3.63) is 0 Å². The van der Waals surface area contributed by atoms with Crippen molar-refractivity contribution in [3.63, 3.8) is 0 Å². The molecule has 4 bridgehead atoms. The molecule has 4 rings (SSSR count). The standard InChI is InChI=1S/C20H30O4S.C4H10.H2OS/c1-5-20(3,25-4)24-19(22)14-7-11-6-13(14)18-15-8-12(17(11)18)9-16(15)23-10(2)21;1-4(2)3;1-2/h11-18H,5-9H2,1-4H3;4H,1-3H3;1-2H. The van der Waals surface area contributed by atoms with E-state index in [1.165, 1.54) is 19.8 Å². The van der Waals surface area contributed by atoms with Crippen molar-refractivity contribution in [1.29, 1.82) is 0 Å². The topological polar surface area (TPSA) is 72.8 Å². The van der Waals surface area contributed by atoms with Crippen molar-refractivity contribution >= 4 is 36.6 Å². The molecule has 0 radical (unpaired) electrons. The monoisotopic (exact) mass is 474 g/mol. The highest BCUT2D eigenvalue weighted by atomic mass is 32.2. The molecule has 4 saturated carbocycles. The number of thiol groups is 1. The quantitative estimate of drug-likeness (QED) is 0.169. The van der Waals surface area contributed by atoms with Crippen molar-refractivity contribution in [2.24, 2.45) is 47.3 Å². The van der Waals surface area contributed by atoms with Gasteiger partial charge in [-0.1, -0.05) is 27.7 Å². The van der Waals surface area contributed by atoms with Gasteiger partial charge >= 0.3 is 11.9 Å². The third-order valence-electron chi connectivity index (χ3n) is 7.77. The molecule has 0 aromatic rings. The number of esters is 2. The molecule has 0 heterocycles. The van der Waals surface area contributed by atoms with E-state index < -0.39 is 4.93 Å². The maximum Gasteiger partial charge on any atom is 0.310 e. The van der Waals surface area contributed by atoms with Gasteiger partial charge in [-0.05, 0) is 99.6 Å². The Morgan fingerprint density at radius 2 is 1.61 bits per heavy atom. The first-order valence-electron chi connectivity index (χ1n) is 11.7. The predicted octanol–water partition coefficient (Wildman–Crippen LogP) is 5.93. The van der Waals surface area contributed by atoms with Crippen molar-refractivity contribution < 1.29 is 23.6 Å². The fraction of sp³-hybridized carbons (Fsp3) is 0.917. The van der Waals surface area contributed by atoms with Gasteiger partial charge in [0.15, 0.2) is 4.93 Å². The largest absolute Gasteiger partial charge is 0.462 e. The van der Waals surface area contributed by atoms with Gasteiger partial charge in [0.05, 0.1) is 5.92 Å². The molecular weight excluding hydrogens is 432 g/mol. The minimum absolute atomic E-state index is 0.0106. The van der Waals surface area contributed by atoms with Gasteiger partial charge in [-0.25, -0.2) is 0 Å². The molecule has 9 atom stereocenters. The fourth-order valence-electron chi connectivity index (χ4n) is 6.71. The van der Waals surface area contributed by atoms with Crippen molar-refractivity contribution in [3.8, 4) is 0 Å². The van der Waals surface area contributed by atoms with Crippen LogP contribution in [-0.2, 0) is 19.1 Å². The first-order valence-corrected chi connectivity index (χ1v) is 13.4. The maximum atomic E-state index is 12.9. The highest BCUT2D eigenvalue weighted by Crippen LogP contribution is 2.69. The van der Waals surface area contributed by atoms with Crippen LogP contribution in [0, 0.1) is 47.3 Å². The minimum Gasteiger partial charge on any atom is -0.462 e. The molecular formula is C24H42O5S2. The number of carbonyl (C=O) groups excluding carboxylic acids is 2. The lowest BCUT2D eigenvalue weighted by atomic mass is 9.66. The summed E-state index contributed by atoms with van der Waals surface area (Å²) in [6.45, 7) is 12.1. The van der Waals surface area contributed by atoms with Crippen LogP contribution in [0.25, 0.3) is 0 Å². The third kappa shape index (κ3) is 5.75. The van der Waals surface area contributed by atoms with E-state index in [9.17, 15) is 9.59 Å². The lowest BCUT2D eigenvalue weighted by molar-refractivity contribution is -0.162.